The zero-order chi connectivity index (χ0) is 11.4. The summed E-state index contributed by atoms with van der Waals surface area (Å²) in [4.78, 5) is 8.59. The number of rotatable bonds is 4. The van der Waals surface area contributed by atoms with Crippen LogP contribution in [0.1, 0.15) is 24.9 Å². The van der Waals surface area contributed by atoms with Crippen LogP contribution in [0.5, 0.6) is 0 Å². The summed E-state index contributed by atoms with van der Waals surface area (Å²) in [6, 6.07) is 5.68. The van der Waals surface area contributed by atoms with Crippen molar-refractivity contribution in [3.63, 3.8) is 0 Å². The Morgan fingerprint density at radius 1 is 1.38 bits per heavy atom. The largest absolute Gasteiger partial charge is 0.329 e. The van der Waals surface area contributed by atoms with Crippen molar-refractivity contribution < 1.29 is 0 Å². The lowest BCUT2D eigenvalue weighted by Crippen LogP contribution is -2.05. The Morgan fingerprint density at radius 3 is 3.00 bits per heavy atom. The summed E-state index contributed by atoms with van der Waals surface area (Å²) < 4.78 is 2.11. The van der Waals surface area contributed by atoms with Crippen molar-refractivity contribution in [2.24, 2.45) is 0 Å². The molecule has 0 saturated heterocycles. The highest BCUT2D eigenvalue weighted by atomic mass is 35.5. The molecule has 0 N–H and O–H groups in total. The van der Waals surface area contributed by atoms with Crippen molar-refractivity contribution in [1.82, 2.24) is 14.5 Å². The molecule has 2 aromatic rings. The third kappa shape index (κ3) is 2.61. The molecule has 2 rings (SSSR count). The first-order chi connectivity index (χ1) is 7.79. The molecule has 84 valence electrons. The number of hydrogen-bond acceptors (Lipinski definition) is 2. The fourth-order valence-electron chi connectivity index (χ4n) is 1.65. The number of aromatic nitrogens is 3. The molecular formula is C12H14ClN3. The van der Waals surface area contributed by atoms with Crippen LogP contribution in [0, 0.1) is 0 Å². The summed E-state index contributed by atoms with van der Waals surface area (Å²) in [5.41, 5.74) is 0.961. The van der Waals surface area contributed by atoms with Crippen LogP contribution in [0.2, 0.25) is 5.15 Å². The van der Waals surface area contributed by atoms with Gasteiger partial charge >= 0.3 is 0 Å². The highest BCUT2D eigenvalue weighted by Gasteiger charge is 2.03. The summed E-state index contributed by atoms with van der Waals surface area (Å²) in [6.45, 7) is 2.88. The minimum absolute atomic E-state index is 0.537. The van der Waals surface area contributed by atoms with Gasteiger partial charge in [0.05, 0.1) is 12.2 Å². The van der Waals surface area contributed by atoms with Crippen molar-refractivity contribution >= 4 is 11.6 Å². The molecule has 0 aliphatic carbocycles. The number of imidazole rings is 1. The zero-order valence-electron chi connectivity index (χ0n) is 9.23. The molecule has 0 saturated carbocycles. The molecule has 0 spiro atoms. The molecule has 2 heterocycles. The van der Waals surface area contributed by atoms with E-state index in [1.165, 1.54) is 0 Å². The molecule has 0 amide bonds. The van der Waals surface area contributed by atoms with E-state index in [1.807, 2.05) is 24.5 Å². The maximum atomic E-state index is 5.85. The van der Waals surface area contributed by atoms with E-state index >= 15 is 0 Å². The average molecular weight is 236 g/mol. The second-order valence-electron chi connectivity index (χ2n) is 3.67. The summed E-state index contributed by atoms with van der Waals surface area (Å²) in [5.74, 6) is 1.10. The maximum Gasteiger partial charge on any atom is 0.129 e. The Bertz CT molecular complexity index is 465. The van der Waals surface area contributed by atoms with Gasteiger partial charge in [0.15, 0.2) is 0 Å². The van der Waals surface area contributed by atoms with Gasteiger partial charge in [0.2, 0.25) is 0 Å². The van der Waals surface area contributed by atoms with Gasteiger partial charge in [0, 0.05) is 18.8 Å². The van der Waals surface area contributed by atoms with Gasteiger partial charge in [-0.2, -0.15) is 0 Å². The van der Waals surface area contributed by atoms with Gasteiger partial charge in [-0.25, -0.2) is 9.97 Å². The first-order valence-corrected chi connectivity index (χ1v) is 5.79. The van der Waals surface area contributed by atoms with Gasteiger partial charge in [0.1, 0.15) is 11.0 Å². The van der Waals surface area contributed by atoms with Crippen LogP contribution in [-0.2, 0) is 13.0 Å². The van der Waals surface area contributed by atoms with Crippen LogP contribution >= 0.6 is 11.6 Å². The third-order valence-corrected chi connectivity index (χ3v) is 2.59. The molecular weight excluding hydrogens is 222 g/mol. The quantitative estimate of drug-likeness (QED) is 0.763. The summed E-state index contributed by atoms with van der Waals surface area (Å²) in [5, 5.41) is 0.537. The Balaban J connectivity index is 2.17. The normalized spacial score (nSPS) is 10.6. The number of nitrogens with zero attached hydrogens (tertiary/aromatic N) is 3. The monoisotopic (exact) mass is 235 g/mol. The van der Waals surface area contributed by atoms with E-state index in [4.69, 9.17) is 11.6 Å². The first-order valence-electron chi connectivity index (χ1n) is 5.41. The number of aryl methyl sites for hydroxylation is 1. The Labute approximate surface area is 100 Å². The van der Waals surface area contributed by atoms with Crippen molar-refractivity contribution in [2.75, 3.05) is 0 Å². The van der Waals surface area contributed by atoms with Gasteiger partial charge in [-0.05, 0) is 18.6 Å². The molecule has 0 aromatic carbocycles. The van der Waals surface area contributed by atoms with Crippen LogP contribution in [-0.4, -0.2) is 14.5 Å². The standard InChI is InChI=1S/C12H14ClN3/c1-2-4-12-14-7-8-16(12)9-10-5-3-6-11(13)15-10/h3,5-8H,2,4,9H2,1H3. The van der Waals surface area contributed by atoms with Crippen molar-refractivity contribution in [1.29, 1.82) is 0 Å². The van der Waals surface area contributed by atoms with Crippen LogP contribution in [0.3, 0.4) is 0 Å². The molecule has 0 unspecified atom stereocenters. The van der Waals surface area contributed by atoms with Crippen molar-refractivity contribution in [3.05, 3.63) is 47.3 Å². The molecule has 4 heteroatoms. The van der Waals surface area contributed by atoms with E-state index in [-0.39, 0.29) is 0 Å². The molecule has 0 radical (unpaired) electrons. The minimum atomic E-state index is 0.537. The molecule has 0 atom stereocenters. The molecule has 0 bridgehead atoms. The van der Waals surface area contributed by atoms with E-state index < -0.39 is 0 Å². The Kier molecular flexibility index (Phi) is 3.57. The fourth-order valence-corrected chi connectivity index (χ4v) is 1.83. The fraction of sp³-hybridized carbons (Fsp3) is 0.333. The van der Waals surface area contributed by atoms with Gasteiger partial charge in [-0.1, -0.05) is 24.6 Å². The molecule has 2 aromatic heterocycles. The van der Waals surface area contributed by atoms with Crippen molar-refractivity contribution in [2.45, 2.75) is 26.3 Å². The van der Waals surface area contributed by atoms with Gasteiger partial charge < -0.3 is 4.57 Å². The summed E-state index contributed by atoms with van der Waals surface area (Å²) >= 11 is 5.85. The third-order valence-electron chi connectivity index (χ3n) is 2.38. The summed E-state index contributed by atoms with van der Waals surface area (Å²) in [7, 11) is 0. The van der Waals surface area contributed by atoms with Crippen LogP contribution in [0.25, 0.3) is 0 Å². The molecule has 0 aliphatic heterocycles. The van der Waals surface area contributed by atoms with E-state index in [0.29, 0.717) is 5.15 Å². The van der Waals surface area contributed by atoms with E-state index in [1.54, 1.807) is 6.07 Å². The second kappa shape index (κ2) is 5.12. The molecule has 3 nitrogen and oxygen atoms in total. The highest BCUT2D eigenvalue weighted by Crippen LogP contribution is 2.09. The SMILES string of the molecule is CCCc1nccn1Cc1cccc(Cl)n1. The van der Waals surface area contributed by atoms with Crippen LogP contribution < -0.4 is 0 Å². The number of pyridine rings is 1. The molecule has 0 fully saturated rings. The second-order valence-corrected chi connectivity index (χ2v) is 4.06. The lowest BCUT2D eigenvalue weighted by atomic mass is 10.3. The Morgan fingerprint density at radius 2 is 2.25 bits per heavy atom. The maximum absolute atomic E-state index is 5.85. The van der Waals surface area contributed by atoms with Gasteiger partial charge in [0.25, 0.3) is 0 Å². The highest BCUT2D eigenvalue weighted by molar-refractivity contribution is 6.29. The average Bonchev–Trinajstić information content (AvgIpc) is 2.66. The van der Waals surface area contributed by atoms with Crippen LogP contribution in [0.4, 0.5) is 0 Å². The van der Waals surface area contributed by atoms with Crippen LogP contribution in [0.15, 0.2) is 30.6 Å². The number of halogens is 1. The molecule has 16 heavy (non-hydrogen) atoms. The predicted octanol–water partition coefficient (Wildman–Crippen LogP) is 2.93. The topological polar surface area (TPSA) is 30.7 Å². The number of hydrogen-bond donors (Lipinski definition) is 0. The summed E-state index contributed by atoms with van der Waals surface area (Å²) in [6.07, 6.45) is 5.90. The Hall–Kier alpha value is -1.35. The first kappa shape index (κ1) is 11.1. The minimum Gasteiger partial charge on any atom is -0.329 e. The smallest absolute Gasteiger partial charge is 0.129 e. The van der Waals surface area contributed by atoms with Crippen molar-refractivity contribution in [3.8, 4) is 0 Å². The van der Waals surface area contributed by atoms with E-state index in [9.17, 15) is 0 Å². The zero-order valence-corrected chi connectivity index (χ0v) is 9.98. The lowest BCUT2D eigenvalue weighted by Gasteiger charge is -2.06. The van der Waals surface area contributed by atoms with E-state index in [2.05, 4.69) is 21.5 Å². The van der Waals surface area contributed by atoms with Gasteiger partial charge in [-0.3, -0.25) is 0 Å². The van der Waals surface area contributed by atoms with Gasteiger partial charge in [-0.15, -0.1) is 0 Å². The predicted molar refractivity (Wildman–Crippen MR) is 64.6 cm³/mol. The van der Waals surface area contributed by atoms with E-state index in [0.717, 1.165) is 30.9 Å². The molecule has 0 aliphatic rings. The lowest BCUT2D eigenvalue weighted by molar-refractivity contribution is 0.693.